The number of nitrogens with one attached hydrogen (secondary N) is 1. The highest BCUT2D eigenvalue weighted by Gasteiger charge is 2.36. The Morgan fingerprint density at radius 2 is 2.45 bits per heavy atom. The van der Waals surface area contributed by atoms with Crippen LogP contribution in [-0.4, -0.2) is 18.0 Å². The Kier molecular flexibility index (Phi) is 2.49. The van der Waals surface area contributed by atoms with Gasteiger partial charge in [-0.15, -0.1) is 0 Å². The van der Waals surface area contributed by atoms with Gasteiger partial charge in [-0.1, -0.05) is 13.3 Å². The van der Waals surface area contributed by atoms with E-state index in [1.54, 1.807) is 6.92 Å². The van der Waals surface area contributed by atoms with Crippen LogP contribution in [0, 0.1) is 5.92 Å². The normalized spacial score (nSPS) is 31.2. The Balaban J connectivity index is 2.18. The molecule has 1 saturated carbocycles. The van der Waals surface area contributed by atoms with E-state index in [0.717, 1.165) is 12.8 Å². The largest absolute Gasteiger partial charge is 0.352 e. The van der Waals surface area contributed by atoms with Crippen molar-refractivity contribution < 1.29 is 4.79 Å². The molecule has 1 amide bonds. The van der Waals surface area contributed by atoms with Gasteiger partial charge in [0.2, 0.25) is 5.91 Å². The molecule has 1 aliphatic carbocycles. The molecule has 0 aromatic rings. The molecule has 0 aromatic heterocycles. The van der Waals surface area contributed by atoms with Crippen molar-refractivity contribution in [3.8, 4) is 0 Å². The first-order chi connectivity index (χ1) is 5.15. The minimum Gasteiger partial charge on any atom is -0.352 e. The molecule has 2 unspecified atom stereocenters. The van der Waals surface area contributed by atoms with Gasteiger partial charge in [0.05, 0.1) is 6.04 Å². The Morgan fingerprint density at radius 3 is 2.82 bits per heavy atom. The van der Waals surface area contributed by atoms with Crippen LogP contribution in [0.15, 0.2) is 0 Å². The summed E-state index contributed by atoms with van der Waals surface area (Å²) >= 11 is 0. The van der Waals surface area contributed by atoms with E-state index in [4.69, 9.17) is 5.73 Å². The fourth-order valence-electron chi connectivity index (χ4n) is 1.19. The topological polar surface area (TPSA) is 55.1 Å². The fraction of sp³-hybridized carbons (Fsp3) is 0.875. The fourth-order valence-corrected chi connectivity index (χ4v) is 1.19. The predicted molar refractivity (Wildman–Crippen MR) is 44.0 cm³/mol. The molecule has 0 radical (unpaired) electrons. The van der Waals surface area contributed by atoms with Crippen LogP contribution in [0.4, 0.5) is 0 Å². The van der Waals surface area contributed by atoms with Gasteiger partial charge in [-0.05, 0) is 19.3 Å². The quantitative estimate of drug-likeness (QED) is 0.615. The van der Waals surface area contributed by atoms with Crippen LogP contribution in [0.5, 0.6) is 0 Å². The maximum Gasteiger partial charge on any atom is 0.236 e. The highest BCUT2D eigenvalue weighted by molar-refractivity contribution is 5.81. The molecule has 0 heterocycles. The molecule has 0 spiro atoms. The van der Waals surface area contributed by atoms with E-state index < -0.39 is 0 Å². The second kappa shape index (κ2) is 3.22. The number of hydrogen-bond donors (Lipinski definition) is 2. The molecule has 0 aromatic carbocycles. The van der Waals surface area contributed by atoms with E-state index in [2.05, 4.69) is 12.2 Å². The molecule has 1 fully saturated rings. The van der Waals surface area contributed by atoms with Crippen LogP contribution in [0.25, 0.3) is 0 Å². The lowest BCUT2D eigenvalue weighted by atomic mass is 10.3. The van der Waals surface area contributed by atoms with Crippen molar-refractivity contribution >= 4 is 5.91 Å². The van der Waals surface area contributed by atoms with Gasteiger partial charge >= 0.3 is 0 Å². The highest BCUT2D eigenvalue weighted by atomic mass is 16.2. The summed E-state index contributed by atoms with van der Waals surface area (Å²) in [7, 11) is 0. The molecule has 0 saturated heterocycles. The molecule has 1 rings (SSSR count). The second-order valence-electron chi connectivity index (χ2n) is 3.31. The minimum absolute atomic E-state index is 0.0223. The summed E-state index contributed by atoms with van der Waals surface area (Å²) in [6.07, 6.45) is 2.29. The molecule has 64 valence electrons. The lowest BCUT2D eigenvalue weighted by molar-refractivity contribution is -0.122. The van der Waals surface area contributed by atoms with Crippen LogP contribution < -0.4 is 11.1 Å². The minimum atomic E-state index is -0.367. The summed E-state index contributed by atoms with van der Waals surface area (Å²) < 4.78 is 0. The van der Waals surface area contributed by atoms with Crippen LogP contribution >= 0.6 is 0 Å². The van der Waals surface area contributed by atoms with E-state index in [1.807, 2.05) is 0 Å². The van der Waals surface area contributed by atoms with Crippen molar-refractivity contribution in [3.63, 3.8) is 0 Å². The molecular formula is C8H16N2O. The Bertz CT molecular complexity index is 156. The number of nitrogens with two attached hydrogens (primary N) is 1. The Morgan fingerprint density at radius 1 is 1.82 bits per heavy atom. The molecule has 0 aliphatic heterocycles. The first-order valence-electron chi connectivity index (χ1n) is 4.21. The predicted octanol–water partition coefficient (Wildman–Crippen LogP) is 0.248. The standard InChI is InChI=1S/C8H16N2O/c1-3-6-4-7(6)10-8(11)5(2)9/h5-7H,3-4,9H2,1-2H3,(H,10,11)/t5-,6?,7?/m0/s1. The summed E-state index contributed by atoms with van der Waals surface area (Å²) in [5, 5.41) is 2.89. The van der Waals surface area contributed by atoms with Gasteiger partial charge in [-0.2, -0.15) is 0 Å². The maximum absolute atomic E-state index is 11.0. The van der Waals surface area contributed by atoms with Crippen molar-refractivity contribution in [2.24, 2.45) is 11.7 Å². The van der Waals surface area contributed by atoms with Gasteiger partial charge in [-0.25, -0.2) is 0 Å². The molecule has 1 aliphatic rings. The smallest absolute Gasteiger partial charge is 0.236 e. The van der Waals surface area contributed by atoms with Gasteiger partial charge in [0.25, 0.3) is 0 Å². The first kappa shape index (κ1) is 8.53. The molecular weight excluding hydrogens is 140 g/mol. The summed E-state index contributed by atoms with van der Waals surface area (Å²) in [5.41, 5.74) is 5.39. The monoisotopic (exact) mass is 156 g/mol. The molecule has 3 nitrogen and oxygen atoms in total. The van der Waals surface area contributed by atoms with Crippen molar-refractivity contribution in [1.82, 2.24) is 5.32 Å². The van der Waals surface area contributed by atoms with Crippen LogP contribution in [-0.2, 0) is 4.79 Å². The Labute approximate surface area is 67.3 Å². The van der Waals surface area contributed by atoms with Crippen molar-refractivity contribution in [1.29, 1.82) is 0 Å². The van der Waals surface area contributed by atoms with Crippen molar-refractivity contribution in [2.45, 2.75) is 38.8 Å². The summed E-state index contributed by atoms with van der Waals surface area (Å²) in [4.78, 5) is 11.0. The summed E-state index contributed by atoms with van der Waals surface area (Å²) in [6.45, 7) is 3.85. The molecule has 3 N–H and O–H groups in total. The van der Waals surface area contributed by atoms with Crippen LogP contribution in [0.1, 0.15) is 26.7 Å². The van der Waals surface area contributed by atoms with E-state index >= 15 is 0 Å². The zero-order valence-corrected chi connectivity index (χ0v) is 7.13. The van der Waals surface area contributed by atoms with Gasteiger partial charge < -0.3 is 11.1 Å². The van der Waals surface area contributed by atoms with E-state index in [1.165, 1.54) is 0 Å². The zero-order valence-electron chi connectivity index (χ0n) is 7.13. The number of amides is 1. The molecule has 3 heteroatoms. The second-order valence-corrected chi connectivity index (χ2v) is 3.31. The average Bonchev–Trinajstić information content (AvgIpc) is 2.67. The average molecular weight is 156 g/mol. The van der Waals surface area contributed by atoms with Crippen LogP contribution in [0.3, 0.4) is 0 Å². The van der Waals surface area contributed by atoms with Gasteiger partial charge in [-0.3, -0.25) is 4.79 Å². The number of carbonyl (C=O) groups excluding carboxylic acids is 1. The third-order valence-electron chi connectivity index (χ3n) is 2.19. The number of hydrogen-bond acceptors (Lipinski definition) is 2. The van der Waals surface area contributed by atoms with Gasteiger partial charge in [0.15, 0.2) is 0 Å². The highest BCUT2D eigenvalue weighted by Crippen LogP contribution is 2.32. The number of rotatable bonds is 3. The lowest BCUT2D eigenvalue weighted by Crippen LogP contribution is -2.39. The van der Waals surface area contributed by atoms with Gasteiger partial charge in [0.1, 0.15) is 0 Å². The van der Waals surface area contributed by atoms with Crippen molar-refractivity contribution in [3.05, 3.63) is 0 Å². The molecule has 3 atom stereocenters. The van der Waals surface area contributed by atoms with E-state index in [0.29, 0.717) is 12.0 Å². The summed E-state index contributed by atoms with van der Waals surface area (Å²) in [6, 6.07) is 0.0478. The lowest BCUT2D eigenvalue weighted by Gasteiger charge is -2.05. The molecule has 11 heavy (non-hydrogen) atoms. The SMILES string of the molecule is CCC1CC1NC(=O)[C@H](C)N. The van der Waals surface area contributed by atoms with Crippen molar-refractivity contribution in [2.75, 3.05) is 0 Å². The van der Waals surface area contributed by atoms with Gasteiger partial charge in [0, 0.05) is 6.04 Å². The zero-order chi connectivity index (χ0) is 8.43. The summed E-state index contributed by atoms with van der Waals surface area (Å²) in [5.74, 6) is 0.684. The van der Waals surface area contributed by atoms with E-state index in [-0.39, 0.29) is 11.9 Å². The van der Waals surface area contributed by atoms with E-state index in [9.17, 15) is 4.79 Å². The third kappa shape index (κ3) is 2.19. The first-order valence-corrected chi connectivity index (χ1v) is 4.21. The number of carbonyl (C=O) groups is 1. The maximum atomic E-state index is 11.0. The molecule has 0 bridgehead atoms. The van der Waals surface area contributed by atoms with Crippen LogP contribution in [0.2, 0.25) is 0 Å². The third-order valence-corrected chi connectivity index (χ3v) is 2.19. The Hall–Kier alpha value is -0.570.